The van der Waals surface area contributed by atoms with Gasteiger partial charge < -0.3 is 24.8 Å². The summed E-state index contributed by atoms with van der Waals surface area (Å²) in [4.78, 5) is 6.80. The fourth-order valence-corrected chi connectivity index (χ4v) is 4.16. The van der Waals surface area contributed by atoms with E-state index in [1.165, 1.54) is 0 Å². The topological polar surface area (TPSA) is 60.5 Å². The van der Waals surface area contributed by atoms with Gasteiger partial charge in [0.05, 0.1) is 61.2 Å². The van der Waals surface area contributed by atoms with Crippen LogP contribution in [0, 0.1) is 5.21 Å². The molecule has 2 aromatic rings. The van der Waals surface area contributed by atoms with Gasteiger partial charge in [-0.15, -0.1) is 11.3 Å². The van der Waals surface area contributed by atoms with Crippen LogP contribution in [0.15, 0.2) is 12.1 Å². The molecular weight excluding hydrogens is 368 g/mol. The fraction of sp³-hybridized carbons (Fsp3) is 0.556. The van der Waals surface area contributed by atoms with Crippen LogP contribution in [0.25, 0.3) is 10.2 Å². The van der Waals surface area contributed by atoms with Gasteiger partial charge >= 0.3 is 0 Å². The van der Waals surface area contributed by atoms with Crippen LogP contribution in [-0.2, 0) is 5.41 Å². The second-order valence-corrected chi connectivity index (χ2v) is 9.37. The lowest BCUT2D eigenvalue weighted by atomic mass is 9.98. The molecule has 3 rings (SSSR count). The maximum absolute atomic E-state index is 12.0. The zero-order valence-corrected chi connectivity index (χ0v) is 17.6. The molecule has 1 fully saturated rings. The average Bonchev–Trinajstić information content (AvgIpc) is 2.97. The first-order chi connectivity index (χ1) is 12.1. The van der Waals surface area contributed by atoms with E-state index < -0.39 is 0 Å². The van der Waals surface area contributed by atoms with Crippen LogP contribution in [0.4, 0.5) is 5.69 Å². The Morgan fingerprint density at radius 2 is 2.00 bits per heavy atom. The Morgan fingerprint density at radius 1 is 1.35 bits per heavy atom. The van der Waals surface area contributed by atoms with Gasteiger partial charge in [-0.3, -0.25) is 0 Å². The molecule has 1 aliphatic heterocycles. The Bertz CT molecular complexity index is 816. The number of fused-ring (bicyclic) bond motifs is 1. The number of piperazine rings is 1. The number of thiazole rings is 1. The van der Waals surface area contributed by atoms with Crippen molar-refractivity contribution in [2.45, 2.75) is 26.2 Å². The lowest BCUT2D eigenvalue weighted by Crippen LogP contribution is -2.55. The molecule has 0 saturated carbocycles. The summed E-state index contributed by atoms with van der Waals surface area (Å²) in [5, 5.41) is 17.0. The first kappa shape index (κ1) is 19.3. The van der Waals surface area contributed by atoms with E-state index in [1.54, 1.807) is 25.5 Å². The minimum atomic E-state index is -0.204. The third-order valence-electron chi connectivity index (χ3n) is 4.57. The summed E-state index contributed by atoms with van der Waals surface area (Å²) in [6.45, 7) is 8.89. The number of likely N-dealkylation sites (N-methyl/N-ethyl adjacent to an activating group) is 1. The number of thiocarbonyl (C=S) groups is 1. The van der Waals surface area contributed by atoms with Gasteiger partial charge in [0, 0.05) is 11.5 Å². The lowest BCUT2D eigenvalue weighted by Gasteiger charge is -2.45. The third-order valence-corrected chi connectivity index (χ3v) is 6.37. The Hall–Kier alpha value is -1.48. The number of ether oxygens (including phenoxy) is 1. The number of aromatic nitrogens is 1. The number of nitrogens with zero attached hydrogens (tertiary/aromatic N) is 3. The van der Waals surface area contributed by atoms with Crippen molar-refractivity contribution in [3.8, 4) is 5.75 Å². The minimum absolute atomic E-state index is 0.0108. The van der Waals surface area contributed by atoms with Gasteiger partial charge in [-0.2, -0.15) is 0 Å². The number of methoxy groups -OCH3 is 1. The Balaban J connectivity index is 1.83. The highest BCUT2D eigenvalue weighted by Crippen LogP contribution is 2.37. The zero-order valence-electron chi connectivity index (χ0n) is 16.0. The van der Waals surface area contributed by atoms with Gasteiger partial charge in [-0.05, 0) is 18.3 Å². The number of hydrogen-bond acceptors (Lipinski definition) is 5. The number of anilines is 1. The van der Waals surface area contributed by atoms with Crippen molar-refractivity contribution < 1.29 is 9.38 Å². The zero-order chi connectivity index (χ0) is 19.1. The van der Waals surface area contributed by atoms with Crippen molar-refractivity contribution in [1.82, 2.24) is 9.88 Å². The number of quaternary nitrogens is 1. The Labute approximate surface area is 163 Å². The van der Waals surface area contributed by atoms with E-state index >= 15 is 0 Å². The average molecular weight is 395 g/mol. The van der Waals surface area contributed by atoms with E-state index in [2.05, 4.69) is 26.1 Å². The maximum Gasteiger partial charge on any atom is 0.173 e. The maximum atomic E-state index is 12.0. The predicted octanol–water partition coefficient (Wildman–Crippen LogP) is 3.56. The minimum Gasteiger partial charge on any atom is -0.633 e. The monoisotopic (exact) mass is 394 g/mol. The highest BCUT2D eigenvalue weighted by Gasteiger charge is 2.24. The van der Waals surface area contributed by atoms with Crippen LogP contribution in [0.2, 0.25) is 0 Å². The highest BCUT2D eigenvalue weighted by atomic mass is 32.1. The molecule has 1 aromatic carbocycles. The van der Waals surface area contributed by atoms with Gasteiger partial charge in [0.25, 0.3) is 0 Å². The van der Waals surface area contributed by atoms with Crippen LogP contribution < -0.4 is 10.1 Å². The summed E-state index contributed by atoms with van der Waals surface area (Å²) in [5.41, 5.74) is 1.78. The first-order valence-corrected chi connectivity index (χ1v) is 9.92. The molecule has 1 aliphatic rings. The van der Waals surface area contributed by atoms with Gasteiger partial charge in [0.1, 0.15) is 5.75 Å². The molecule has 6 nitrogen and oxygen atoms in total. The third kappa shape index (κ3) is 4.09. The second-order valence-electron chi connectivity index (χ2n) is 7.95. The summed E-state index contributed by atoms with van der Waals surface area (Å²) in [7, 11) is 3.36. The fourth-order valence-electron chi connectivity index (χ4n) is 2.83. The smallest absolute Gasteiger partial charge is 0.173 e. The molecular formula is C18H26N4O2S2. The molecule has 142 valence electrons. The van der Waals surface area contributed by atoms with E-state index in [0.717, 1.165) is 20.9 Å². The molecule has 0 aliphatic carbocycles. The molecule has 0 spiro atoms. The van der Waals surface area contributed by atoms with Crippen LogP contribution in [0.5, 0.6) is 5.75 Å². The number of hydrogen-bond donors (Lipinski definition) is 1. The van der Waals surface area contributed by atoms with E-state index in [4.69, 9.17) is 21.9 Å². The SMILES string of the molecule is COc1cc2nc(C(C)(C)C)sc2cc1NC(=S)N1CC[N+](C)([O-])CC1. The van der Waals surface area contributed by atoms with E-state index in [9.17, 15) is 5.21 Å². The molecule has 1 saturated heterocycles. The van der Waals surface area contributed by atoms with Crippen molar-refractivity contribution >= 4 is 44.6 Å². The molecule has 0 unspecified atom stereocenters. The standard InChI is InChI=1S/C18H26N4O2S2/c1-18(2,3)16-19-13-10-14(24-5)12(11-15(13)26-16)20-17(25)21-6-8-22(4,23)9-7-21/h10-11H,6-9H2,1-5H3,(H,20,25). The summed E-state index contributed by atoms with van der Waals surface area (Å²) >= 11 is 7.26. The number of nitrogens with one attached hydrogen (secondary N) is 1. The van der Waals surface area contributed by atoms with Crippen molar-refractivity contribution in [3.63, 3.8) is 0 Å². The van der Waals surface area contributed by atoms with Gasteiger partial charge in [-0.25, -0.2) is 4.98 Å². The quantitative estimate of drug-likeness (QED) is 0.477. The highest BCUT2D eigenvalue weighted by molar-refractivity contribution is 7.80. The van der Waals surface area contributed by atoms with Crippen molar-refractivity contribution in [2.24, 2.45) is 0 Å². The lowest BCUT2D eigenvalue weighted by molar-refractivity contribution is -0.864. The molecule has 1 aromatic heterocycles. The molecule has 8 heteroatoms. The predicted molar refractivity (Wildman–Crippen MR) is 112 cm³/mol. The van der Waals surface area contributed by atoms with Crippen molar-refractivity contribution in [2.75, 3.05) is 45.7 Å². The van der Waals surface area contributed by atoms with E-state index in [1.807, 2.05) is 17.0 Å². The van der Waals surface area contributed by atoms with Crippen LogP contribution in [0.1, 0.15) is 25.8 Å². The van der Waals surface area contributed by atoms with Crippen LogP contribution in [-0.4, -0.2) is 60.0 Å². The summed E-state index contributed by atoms with van der Waals surface area (Å²) in [5.74, 6) is 0.715. The van der Waals surface area contributed by atoms with Crippen LogP contribution in [0.3, 0.4) is 0 Å². The molecule has 1 N–H and O–H groups in total. The van der Waals surface area contributed by atoms with Crippen LogP contribution >= 0.6 is 23.6 Å². The largest absolute Gasteiger partial charge is 0.633 e. The van der Waals surface area contributed by atoms with Gasteiger partial charge in [-0.1, -0.05) is 20.8 Å². The van der Waals surface area contributed by atoms with Crippen molar-refractivity contribution in [3.05, 3.63) is 22.3 Å². The molecule has 0 amide bonds. The summed E-state index contributed by atoms with van der Waals surface area (Å²) in [6, 6.07) is 4.00. The molecule has 0 radical (unpaired) electrons. The molecule has 0 atom stereocenters. The first-order valence-electron chi connectivity index (χ1n) is 8.69. The van der Waals surface area contributed by atoms with E-state index in [0.29, 0.717) is 37.0 Å². The normalized spacial score (nSPS) is 17.4. The molecule has 0 bridgehead atoms. The number of benzene rings is 1. The summed E-state index contributed by atoms with van der Waals surface area (Å²) in [6.07, 6.45) is 0. The Morgan fingerprint density at radius 3 is 2.58 bits per heavy atom. The number of rotatable bonds is 2. The second kappa shape index (κ2) is 6.92. The van der Waals surface area contributed by atoms with E-state index in [-0.39, 0.29) is 10.1 Å². The van der Waals surface area contributed by atoms with Crippen molar-refractivity contribution in [1.29, 1.82) is 0 Å². The Kier molecular flexibility index (Phi) is 5.13. The van der Waals surface area contributed by atoms with Gasteiger partial charge in [0.2, 0.25) is 0 Å². The summed E-state index contributed by atoms with van der Waals surface area (Å²) < 4.78 is 6.44. The molecule has 26 heavy (non-hydrogen) atoms. The number of hydroxylamine groups is 3. The van der Waals surface area contributed by atoms with Gasteiger partial charge in [0.15, 0.2) is 5.11 Å². The molecule has 2 heterocycles.